The van der Waals surface area contributed by atoms with Crippen molar-refractivity contribution in [1.82, 2.24) is 0 Å². The van der Waals surface area contributed by atoms with Crippen molar-refractivity contribution >= 4 is 11.8 Å². The van der Waals surface area contributed by atoms with Crippen LogP contribution in [0.5, 0.6) is 5.75 Å². The van der Waals surface area contributed by atoms with Gasteiger partial charge in [-0.25, -0.2) is 4.79 Å². The van der Waals surface area contributed by atoms with Gasteiger partial charge in [0.1, 0.15) is 12.4 Å². The molecule has 0 N–H and O–H groups in total. The first-order valence-corrected chi connectivity index (χ1v) is 8.63. The summed E-state index contributed by atoms with van der Waals surface area (Å²) in [4.78, 5) is 24.0. The predicted octanol–water partition coefficient (Wildman–Crippen LogP) is 4.22. The highest BCUT2D eigenvalue weighted by atomic mass is 16.5. The van der Waals surface area contributed by atoms with Gasteiger partial charge in [0.15, 0.2) is 0 Å². The zero-order valence-electron chi connectivity index (χ0n) is 15.1. The number of hydrogen-bond donors (Lipinski definition) is 0. The molecule has 0 amide bonds. The molecule has 0 atom stereocenters. The average molecular weight is 360 g/mol. The van der Waals surface area contributed by atoms with Crippen LogP contribution in [-0.4, -0.2) is 18.9 Å². The molecule has 0 aliphatic heterocycles. The molecule has 0 fully saturated rings. The van der Waals surface area contributed by atoms with Crippen LogP contribution in [-0.2, 0) is 27.4 Å². The number of hydrogen-bond acceptors (Lipinski definition) is 4. The van der Waals surface area contributed by atoms with Gasteiger partial charge < -0.3 is 9.47 Å². The van der Waals surface area contributed by atoms with Crippen LogP contribution in [0.4, 0.5) is 0 Å². The molecule has 0 bridgehead atoms. The quantitative estimate of drug-likeness (QED) is 0.468. The van der Waals surface area contributed by atoms with Gasteiger partial charge in [-0.3, -0.25) is 4.79 Å². The van der Waals surface area contributed by atoms with Gasteiger partial charge in [-0.15, -0.1) is 0 Å². The zero-order valence-corrected chi connectivity index (χ0v) is 15.1. The van der Waals surface area contributed by atoms with E-state index in [1.807, 2.05) is 78.9 Å². The lowest BCUT2D eigenvalue weighted by Gasteiger charge is -2.07. The van der Waals surface area contributed by atoms with Crippen molar-refractivity contribution in [3.63, 3.8) is 0 Å². The molecule has 0 aliphatic carbocycles. The fourth-order valence-electron chi connectivity index (χ4n) is 2.68. The summed E-state index contributed by atoms with van der Waals surface area (Å²) in [5.74, 6) is -0.580. The first-order chi connectivity index (χ1) is 13.2. The smallest absolute Gasteiger partial charge is 0.375 e. The van der Waals surface area contributed by atoms with E-state index in [4.69, 9.17) is 9.47 Å². The number of Topliss-reactive ketones (excluding diaryl/α,β-unsaturated/α-hetero) is 1. The first kappa shape index (κ1) is 18.4. The Labute approximate surface area is 158 Å². The van der Waals surface area contributed by atoms with Gasteiger partial charge in [0.2, 0.25) is 5.78 Å². The summed E-state index contributed by atoms with van der Waals surface area (Å²) >= 11 is 0. The number of ether oxygens (including phenoxy) is 2. The van der Waals surface area contributed by atoms with Gasteiger partial charge in [0.25, 0.3) is 0 Å². The molecule has 0 aromatic heterocycles. The number of esters is 1. The minimum absolute atomic E-state index is 0.0199. The van der Waals surface area contributed by atoms with E-state index >= 15 is 0 Å². The molecule has 4 nitrogen and oxygen atoms in total. The van der Waals surface area contributed by atoms with Crippen molar-refractivity contribution in [3.8, 4) is 16.9 Å². The number of methoxy groups -OCH3 is 1. The molecule has 4 heteroatoms. The summed E-state index contributed by atoms with van der Waals surface area (Å²) in [6, 6.07) is 24.6. The average Bonchev–Trinajstić information content (AvgIpc) is 2.73. The van der Waals surface area contributed by atoms with E-state index in [1.165, 1.54) is 0 Å². The molecular weight excluding hydrogens is 340 g/mol. The van der Waals surface area contributed by atoms with Crippen LogP contribution in [0.3, 0.4) is 0 Å². The molecule has 3 rings (SSSR count). The fraction of sp³-hybridized carbons (Fsp3) is 0.130. The van der Waals surface area contributed by atoms with Crippen molar-refractivity contribution < 1.29 is 19.1 Å². The Hall–Kier alpha value is -3.40. The lowest BCUT2D eigenvalue weighted by molar-refractivity contribution is -0.154. The number of carbonyl (C=O) groups is 2. The molecule has 0 radical (unpaired) electrons. The molecule has 0 saturated heterocycles. The van der Waals surface area contributed by atoms with Crippen LogP contribution in [0.2, 0.25) is 0 Å². The molecule has 0 spiro atoms. The van der Waals surface area contributed by atoms with Gasteiger partial charge >= 0.3 is 5.97 Å². The number of benzene rings is 3. The van der Waals surface area contributed by atoms with Crippen LogP contribution in [0.15, 0.2) is 78.9 Å². The van der Waals surface area contributed by atoms with Gasteiger partial charge in [-0.1, -0.05) is 66.7 Å². The molecule has 3 aromatic rings. The number of ketones is 1. The van der Waals surface area contributed by atoms with E-state index in [-0.39, 0.29) is 13.0 Å². The molecular formula is C23H20O4. The van der Waals surface area contributed by atoms with Crippen molar-refractivity contribution in [2.45, 2.75) is 13.0 Å². The molecule has 0 unspecified atom stereocenters. The van der Waals surface area contributed by atoms with E-state index in [9.17, 15) is 9.59 Å². The Balaban J connectivity index is 1.58. The van der Waals surface area contributed by atoms with Crippen molar-refractivity contribution in [3.05, 3.63) is 90.0 Å². The summed E-state index contributed by atoms with van der Waals surface area (Å²) in [5, 5.41) is 0. The molecule has 0 heterocycles. The number of carbonyl (C=O) groups excluding carboxylic acids is 2. The van der Waals surface area contributed by atoms with Crippen LogP contribution in [0, 0.1) is 0 Å². The van der Waals surface area contributed by atoms with E-state index in [0.717, 1.165) is 28.0 Å². The summed E-state index contributed by atoms with van der Waals surface area (Å²) in [6.45, 7) is 0.0974. The second-order valence-corrected chi connectivity index (χ2v) is 6.09. The Kier molecular flexibility index (Phi) is 6.00. The summed E-state index contributed by atoms with van der Waals surface area (Å²) < 4.78 is 10.3. The van der Waals surface area contributed by atoms with Crippen LogP contribution in [0.25, 0.3) is 11.1 Å². The maximum absolute atomic E-state index is 12.1. The van der Waals surface area contributed by atoms with E-state index < -0.39 is 11.8 Å². The van der Waals surface area contributed by atoms with Crippen molar-refractivity contribution in [2.24, 2.45) is 0 Å². The Morgan fingerprint density at radius 2 is 1.52 bits per heavy atom. The lowest BCUT2D eigenvalue weighted by Crippen LogP contribution is -2.19. The highest BCUT2D eigenvalue weighted by Gasteiger charge is 2.16. The Bertz CT molecular complexity index is 915. The largest absolute Gasteiger partial charge is 0.497 e. The third-order valence-corrected chi connectivity index (χ3v) is 4.16. The predicted molar refractivity (Wildman–Crippen MR) is 103 cm³/mol. The normalized spacial score (nSPS) is 10.3. The lowest BCUT2D eigenvalue weighted by atomic mass is 10.0. The summed E-state index contributed by atoms with van der Waals surface area (Å²) in [5.41, 5.74) is 3.65. The topological polar surface area (TPSA) is 52.6 Å². The summed E-state index contributed by atoms with van der Waals surface area (Å²) in [7, 11) is 1.63. The highest BCUT2D eigenvalue weighted by Crippen LogP contribution is 2.24. The van der Waals surface area contributed by atoms with Crippen LogP contribution in [0.1, 0.15) is 11.1 Å². The monoisotopic (exact) mass is 360 g/mol. The fourth-order valence-corrected chi connectivity index (χ4v) is 2.68. The maximum atomic E-state index is 12.1. The van der Waals surface area contributed by atoms with Gasteiger partial charge in [0.05, 0.1) is 7.11 Å². The second kappa shape index (κ2) is 8.81. The second-order valence-electron chi connectivity index (χ2n) is 6.09. The van der Waals surface area contributed by atoms with E-state index in [1.54, 1.807) is 7.11 Å². The van der Waals surface area contributed by atoms with Gasteiger partial charge in [-0.05, 0) is 34.4 Å². The van der Waals surface area contributed by atoms with Gasteiger partial charge in [0, 0.05) is 6.42 Å². The Morgan fingerprint density at radius 1 is 0.778 bits per heavy atom. The minimum Gasteiger partial charge on any atom is -0.497 e. The Morgan fingerprint density at radius 3 is 2.22 bits per heavy atom. The highest BCUT2D eigenvalue weighted by molar-refractivity contribution is 6.34. The van der Waals surface area contributed by atoms with Gasteiger partial charge in [-0.2, -0.15) is 0 Å². The maximum Gasteiger partial charge on any atom is 0.375 e. The van der Waals surface area contributed by atoms with E-state index in [2.05, 4.69) is 0 Å². The number of rotatable bonds is 7. The van der Waals surface area contributed by atoms with Crippen LogP contribution >= 0.6 is 0 Å². The third kappa shape index (κ3) is 5.05. The summed E-state index contributed by atoms with van der Waals surface area (Å²) in [6.07, 6.45) is 0.0199. The molecule has 3 aromatic carbocycles. The van der Waals surface area contributed by atoms with Crippen LogP contribution < -0.4 is 4.74 Å². The first-order valence-electron chi connectivity index (χ1n) is 8.63. The third-order valence-electron chi connectivity index (χ3n) is 4.16. The van der Waals surface area contributed by atoms with Crippen molar-refractivity contribution in [1.29, 1.82) is 0 Å². The molecule has 27 heavy (non-hydrogen) atoms. The van der Waals surface area contributed by atoms with Crippen molar-refractivity contribution in [2.75, 3.05) is 7.11 Å². The molecule has 136 valence electrons. The zero-order chi connectivity index (χ0) is 19.1. The molecule has 0 aliphatic rings. The van der Waals surface area contributed by atoms with E-state index in [0.29, 0.717) is 0 Å². The molecule has 0 saturated carbocycles. The SMILES string of the molecule is COc1cccc(-c2ccc(CC(=O)C(=O)OCc3ccccc3)cc2)c1. The minimum atomic E-state index is -0.810. The standard InChI is InChI=1S/C23H20O4/c1-26-21-9-5-8-20(15-21)19-12-10-17(11-13-19)14-22(24)23(25)27-16-18-6-3-2-4-7-18/h2-13,15H,14,16H2,1H3.